The molecule has 0 aliphatic heterocycles. The summed E-state index contributed by atoms with van der Waals surface area (Å²) in [5, 5.41) is 12.5. The molecule has 0 bridgehead atoms. The lowest BCUT2D eigenvalue weighted by molar-refractivity contribution is 0.446. The number of pyridine rings is 1. The van der Waals surface area contributed by atoms with Crippen molar-refractivity contribution in [2.45, 2.75) is 105 Å². The standard InChI is InChI=1S/C64H65N3O/c1-61(2,3)48-35-46(34-47(36-48)56-37-45(32-33-65-56)43-28-26-42(27-29-43)41-20-15-13-16-21-41)52-24-19-25-57-58(52)66-60(53-38-49(62(4,5)6)39-55(59(53)68)64(10,11)12)67(57)50-30-31-51(44-22-17-14-18-23-44)54(40-50)63(7,8)9/h13-40,68H,1-12H3. The highest BCUT2D eigenvalue weighted by Crippen LogP contribution is 2.46. The van der Waals surface area contributed by atoms with Crippen LogP contribution in [0.2, 0.25) is 0 Å². The van der Waals surface area contributed by atoms with Crippen LogP contribution < -0.4 is 0 Å². The van der Waals surface area contributed by atoms with E-state index >= 15 is 0 Å². The van der Waals surface area contributed by atoms with E-state index in [0.29, 0.717) is 5.82 Å². The molecule has 0 atom stereocenters. The number of fused-ring (bicyclic) bond motifs is 1. The van der Waals surface area contributed by atoms with Crippen LogP contribution in [0.15, 0.2) is 170 Å². The summed E-state index contributed by atoms with van der Waals surface area (Å²) < 4.78 is 2.28. The second-order valence-corrected chi connectivity index (χ2v) is 22.6. The Morgan fingerprint density at radius 3 is 1.59 bits per heavy atom. The molecule has 2 aromatic heterocycles. The van der Waals surface area contributed by atoms with Gasteiger partial charge in [-0.05, 0) is 126 Å². The monoisotopic (exact) mass is 892 g/mol. The van der Waals surface area contributed by atoms with Crippen LogP contribution in [0.3, 0.4) is 0 Å². The maximum absolute atomic E-state index is 12.5. The van der Waals surface area contributed by atoms with Crippen LogP contribution in [-0.2, 0) is 21.7 Å². The number of aromatic hydroxyl groups is 1. The van der Waals surface area contributed by atoms with Gasteiger partial charge in [-0.15, -0.1) is 0 Å². The average molecular weight is 892 g/mol. The van der Waals surface area contributed by atoms with E-state index in [-0.39, 0.29) is 27.4 Å². The Morgan fingerprint density at radius 2 is 0.971 bits per heavy atom. The van der Waals surface area contributed by atoms with Crippen LogP contribution in [0.5, 0.6) is 5.75 Å². The van der Waals surface area contributed by atoms with Crippen molar-refractivity contribution in [3.63, 3.8) is 0 Å². The fourth-order valence-electron chi connectivity index (χ4n) is 9.36. The number of rotatable bonds is 7. The molecule has 0 saturated heterocycles. The number of benzene rings is 7. The second-order valence-electron chi connectivity index (χ2n) is 22.6. The first-order valence-electron chi connectivity index (χ1n) is 24.0. The van der Waals surface area contributed by atoms with Crippen molar-refractivity contribution in [2.75, 3.05) is 0 Å². The summed E-state index contributed by atoms with van der Waals surface area (Å²) in [5.41, 5.74) is 18.3. The summed E-state index contributed by atoms with van der Waals surface area (Å²) in [5.74, 6) is 0.965. The van der Waals surface area contributed by atoms with Gasteiger partial charge >= 0.3 is 0 Å². The molecule has 342 valence electrons. The van der Waals surface area contributed by atoms with Gasteiger partial charge in [-0.1, -0.05) is 198 Å². The summed E-state index contributed by atoms with van der Waals surface area (Å²) >= 11 is 0. The molecule has 9 rings (SSSR count). The highest BCUT2D eigenvalue weighted by molar-refractivity contribution is 5.97. The largest absolute Gasteiger partial charge is 0.507 e. The molecule has 0 amide bonds. The smallest absolute Gasteiger partial charge is 0.149 e. The molecule has 0 aliphatic carbocycles. The van der Waals surface area contributed by atoms with Crippen LogP contribution in [-0.4, -0.2) is 19.6 Å². The van der Waals surface area contributed by atoms with Gasteiger partial charge in [-0.3, -0.25) is 9.55 Å². The second kappa shape index (κ2) is 17.2. The van der Waals surface area contributed by atoms with E-state index in [9.17, 15) is 5.11 Å². The van der Waals surface area contributed by atoms with E-state index in [2.05, 4.69) is 251 Å². The molecule has 9 aromatic rings. The highest BCUT2D eigenvalue weighted by Gasteiger charge is 2.30. The SMILES string of the molecule is CC(C)(C)c1cc(-c2cc(-c3ccc(-c4ccccc4)cc3)ccn2)cc(-c2cccc3c2nc(-c2cc(C(C)(C)C)cc(C(C)(C)C)c2O)n3-c2ccc(-c3ccccc3)c(C(C)(C)C)c2)c1. The molecule has 0 spiro atoms. The van der Waals surface area contributed by atoms with E-state index in [1.807, 2.05) is 6.20 Å². The van der Waals surface area contributed by atoms with Crippen LogP contribution >= 0.6 is 0 Å². The van der Waals surface area contributed by atoms with Gasteiger partial charge < -0.3 is 5.11 Å². The first-order valence-corrected chi connectivity index (χ1v) is 24.0. The predicted octanol–water partition coefficient (Wildman–Crippen LogP) is 17.3. The number of para-hydroxylation sites is 1. The highest BCUT2D eigenvalue weighted by atomic mass is 16.3. The van der Waals surface area contributed by atoms with Gasteiger partial charge in [0.25, 0.3) is 0 Å². The van der Waals surface area contributed by atoms with Gasteiger partial charge in [0.1, 0.15) is 11.6 Å². The van der Waals surface area contributed by atoms with Crippen molar-refractivity contribution in [2.24, 2.45) is 0 Å². The third-order valence-corrected chi connectivity index (χ3v) is 13.4. The van der Waals surface area contributed by atoms with Crippen molar-refractivity contribution >= 4 is 11.0 Å². The minimum Gasteiger partial charge on any atom is -0.507 e. The summed E-state index contributed by atoms with van der Waals surface area (Å²) in [6.45, 7) is 26.9. The molecular weight excluding hydrogens is 827 g/mol. The first-order chi connectivity index (χ1) is 32.1. The zero-order valence-electron chi connectivity index (χ0n) is 42.0. The van der Waals surface area contributed by atoms with Crippen LogP contribution in [0.1, 0.15) is 105 Å². The van der Waals surface area contributed by atoms with E-state index in [1.54, 1.807) is 0 Å². The van der Waals surface area contributed by atoms with Crippen LogP contribution in [0.4, 0.5) is 0 Å². The van der Waals surface area contributed by atoms with Gasteiger partial charge in [0.15, 0.2) is 0 Å². The van der Waals surface area contributed by atoms with E-state index in [1.165, 1.54) is 33.4 Å². The molecule has 0 fully saturated rings. The van der Waals surface area contributed by atoms with Crippen molar-refractivity contribution in [1.29, 1.82) is 0 Å². The number of phenols is 1. The lowest BCUT2D eigenvalue weighted by Gasteiger charge is -2.28. The third kappa shape index (κ3) is 9.05. The Labute approximate surface area is 404 Å². The number of phenolic OH excluding ortho intramolecular Hbond substituents is 1. The number of hydrogen-bond donors (Lipinski definition) is 1. The number of imidazole rings is 1. The molecular formula is C64H65N3O. The van der Waals surface area contributed by atoms with Gasteiger partial charge in [0.05, 0.1) is 22.3 Å². The van der Waals surface area contributed by atoms with Gasteiger partial charge in [0, 0.05) is 28.6 Å². The molecule has 1 N–H and O–H groups in total. The normalized spacial score (nSPS) is 12.5. The minimum absolute atomic E-state index is 0.152. The lowest BCUT2D eigenvalue weighted by Crippen LogP contribution is -2.17. The third-order valence-electron chi connectivity index (χ3n) is 13.4. The van der Waals surface area contributed by atoms with Crippen LogP contribution in [0, 0.1) is 0 Å². The predicted molar refractivity (Wildman–Crippen MR) is 288 cm³/mol. The van der Waals surface area contributed by atoms with Gasteiger partial charge in [0.2, 0.25) is 0 Å². The van der Waals surface area contributed by atoms with Crippen molar-refractivity contribution in [3.8, 4) is 78.6 Å². The zero-order valence-corrected chi connectivity index (χ0v) is 42.0. The molecule has 0 radical (unpaired) electrons. The minimum atomic E-state index is -0.320. The van der Waals surface area contributed by atoms with Gasteiger partial charge in [-0.25, -0.2) is 4.98 Å². The Kier molecular flexibility index (Phi) is 11.7. The fourth-order valence-corrected chi connectivity index (χ4v) is 9.36. The van der Waals surface area contributed by atoms with E-state index < -0.39 is 0 Å². The summed E-state index contributed by atoms with van der Waals surface area (Å²) in [4.78, 5) is 10.7. The zero-order chi connectivity index (χ0) is 48.3. The van der Waals surface area contributed by atoms with Crippen LogP contribution in [0.25, 0.3) is 83.9 Å². The Balaban J connectivity index is 1.28. The maximum atomic E-state index is 12.5. The molecule has 0 aliphatic rings. The molecule has 4 heteroatoms. The topological polar surface area (TPSA) is 50.9 Å². The van der Waals surface area contributed by atoms with Crippen molar-refractivity contribution in [3.05, 3.63) is 192 Å². The van der Waals surface area contributed by atoms with Crippen molar-refractivity contribution < 1.29 is 5.11 Å². The fraction of sp³-hybridized carbons (Fsp3) is 0.250. The molecule has 0 unspecified atom stereocenters. The lowest BCUT2D eigenvalue weighted by atomic mass is 9.78. The average Bonchev–Trinajstić information content (AvgIpc) is 3.70. The molecule has 7 aromatic carbocycles. The molecule has 2 heterocycles. The maximum Gasteiger partial charge on any atom is 0.149 e. The molecule has 0 saturated carbocycles. The first kappa shape index (κ1) is 46.1. The summed E-state index contributed by atoms with van der Waals surface area (Å²) in [6.07, 6.45) is 1.92. The quantitative estimate of drug-likeness (QED) is 0.173. The number of aromatic nitrogens is 3. The van der Waals surface area contributed by atoms with E-state index in [0.717, 1.165) is 66.9 Å². The van der Waals surface area contributed by atoms with E-state index in [4.69, 9.17) is 9.97 Å². The molecule has 68 heavy (non-hydrogen) atoms. The number of nitrogens with zero attached hydrogens (tertiary/aromatic N) is 3. The summed E-state index contributed by atoms with van der Waals surface area (Å²) in [6, 6.07) is 58.8. The van der Waals surface area contributed by atoms with Crippen molar-refractivity contribution in [1.82, 2.24) is 14.5 Å². The van der Waals surface area contributed by atoms with Gasteiger partial charge in [-0.2, -0.15) is 0 Å². The number of hydrogen-bond acceptors (Lipinski definition) is 3. The summed E-state index contributed by atoms with van der Waals surface area (Å²) in [7, 11) is 0. The Hall–Kier alpha value is -7.04. The molecule has 4 nitrogen and oxygen atoms in total. The Morgan fingerprint density at radius 1 is 0.397 bits per heavy atom. The Bertz CT molecular complexity index is 3290.